The molecular weight excluding hydrogens is 342 g/mol. The molecule has 0 radical (unpaired) electrons. The number of hydrogen-bond donors (Lipinski definition) is 0. The summed E-state index contributed by atoms with van der Waals surface area (Å²) in [5.41, 5.74) is 2.99. The number of halogens is 1. The quantitative estimate of drug-likeness (QED) is 0.661. The van der Waals surface area contributed by atoms with Gasteiger partial charge in [0.05, 0.1) is 22.2 Å². The third kappa shape index (κ3) is 3.17. The molecule has 0 bridgehead atoms. The van der Waals surface area contributed by atoms with Gasteiger partial charge in [-0.2, -0.15) is 0 Å². The molecule has 0 N–H and O–H groups in total. The monoisotopic (exact) mass is 366 g/mol. The van der Waals surface area contributed by atoms with Crippen LogP contribution in [0.4, 0.5) is 4.39 Å². The van der Waals surface area contributed by atoms with E-state index < -0.39 is 7.12 Å². The number of hydrogen-bond acceptors (Lipinski definition) is 3. The van der Waals surface area contributed by atoms with E-state index in [1.165, 1.54) is 6.07 Å². The van der Waals surface area contributed by atoms with E-state index in [-0.39, 0.29) is 17.0 Å². The molecule has 2 heterocycles. The van der Waals surface area contributed by atoms with Gasteiger partial charge in [0.25, 0.3) is 0 Å². The fourth-order valence-electron chi connectivity index (χ4n) is 3.40. The smallest absolute Gasteiger partial charge is 0.399 e. The van der Waals surface area contributed by atoms with Crippen molar-refractivity contribution in [1.82, 2.24) is 9.55 Å². The Kier molecular flexibility index (Phi) is 4.16. The van der Waals surface area contributed by atoms with Crippen molar-refractivity contribution in [2.75, 3.05) is 0 Å². The van der Waals surface area contributed by atoms with Gasteiger partial charge in [-0.05, 0) is 69.9 Å². The number of fused-ring (bicyclic) bond motifs is 1. The van der Waals surface area contributed by atoms with Crippen molar-refractivity contribution in [2.24, 2.45) is 0 Å². The molecule has 3 aromatic rings. The molecule has 2 aromatic carbocycles. The van der Waals surface area contributed by atoms with Gasteiger partial charge < -0.3 is 13.9 Å². The zero-order chi connectivity index (χ0) is 19.4. The summed E-state index contributed by atoms with van der Waals surface area (Å²) < 4.78 is 28.0. The number of imidazole rings is 1. The third-order valence-electron chi connectivity index (χ3n) is 5.72. The highest BCUT2D eigenvalue weighted by molar-refractivity contribution is 6.62. The summed E-state index contributed by atoms with van der Waals surface area (Å²) in [6, 6.07) is 12.7. The standard InChI is InChI=1S/C21H24BFN2O2/c1-14-24-18-10-9-16(22-26-20(2,3)21(4,5)27-22)12-19(18)25(14)13-15-7-6-8-17(23)11-15/h6-12H,13H2,1-5H3. The SMILES string of the molecule is Cc1nc2ccc(B3OC(C)(C)C(C)(C)O3)cc2n1Cc1cccc(F)c1. The van der Waals surface area contributed by atoms with Gasteiger partial charge in [0.15, 0.2) is 0 Å². The first kappa shape index (κ1) is 18.2. The Morgan fingerprint density at radius 1 is 1.04 bits per heavy atom. The van der Waals surface area contributed by atoms with Crippen LogP contribution >= 0.6 is 0 Å². The van der Waals surface area contributed by atoms with E-state index in [1.807, 2.05) is 52.8 Å². The Balaban J connectivity index is 1.72. The van der Waals surface area contributed by atoms with Gasteiger partial charge in [-0.15, -0.1) is 0 Å². The summed E-state index contributed by atoms with van der Waals surface area (Å²) >= 11 is 0. The normalized spacial score (nSPS) is 18.4. The van der Waals surface area contributed by atoms with Crippen molar-refractivity contribution >= 4 is 23.6 Å². The van der Waals surface area contributed by atoms with E-state index in [2.05, 4.69) is 15.6 Å². The zero-order valence-electron chi connectivity index (χ0n) is 16.4. The van der Waals surface area contributed by atoms with Crippen LogP contribution in [-0.4, -0.2) is 27.9 Å². The Bertz CT molecular complexity index is 997. The highest BCUT2D eigenvalue weighted by Gasteiger charge is 2.51. The van der Waals surface area contributed by atoms with Gasteiger partial charge in [-0.3, -0.25) is 0 Å². The molecule has 1 aliphatic rings. The van der Waals surface area contributed by atoms with Crippen LogP contribution in [0.15, 0.2) is 42.5 Å². The Morgan fingerprint density at radius 3 is 2.41 bits per heavy atom. The number of aryl methyl sites for hydroxylation is 1. The van der Waals surface area contributed by atoms with E-state index in [4.69, 9.17) is 9.31 Å². The van der Waals surface area contributed by atoms with E-state index in [9.17, 15) is 4.39 Å². The summed E-state index contributed by atoms with van der Waals surface area (Å²) in [5, 5.41) is 0. The van der Waals surface area contributed by atoms with E-state index in [1.54, 1.807) is 12.1 Å². The van der Waals surface area contributed by atoms with Crippen molar-refractivity contribution in [2.45, 2.75) is 52.4 Å². The van der Waals surface area contributed by atoms with E-state index in [0.717, 1.165) is 27.9 Å². The second-order valence-corrected chi connectivity index (χ2v) is 8.21. The van der Waals surface area contributed by atoms with Gasteiger partial charge in [-0.1, -0.05) is 18.2 Å². The highest BCUT2D eigenvalue weighted by atomic mass is 19.1. The van der Waals surface area contributed by atoms with Crippen LogP contribution in [-0.2, 0) is 15.9 Å². The summed E-state index contributed by atoms with van der Waals surface area (Å²) in [7, 11) is -0.419. The average Bonchev–Trinajstić information content (AvgIpc) is 3.00. The molecule has 0 aliphatic carbocycles. The second-order valence-electron chi connectivity index (χ2n) is 8.21. The maximum atomic E-state index is 13.6. The van der Waals surface area contributed by atoms with Crippen LogP contribution in [0.3, 0.4) is 0 Å². The molecule has 0 atom stereocenters. The first-order chi connectivity index (χ1) is 12.7. The molecular formula is C21H24BFN2O2. The number of aromatic nitrogens is 2. The first-order valence-electron chi connectivity index (χ1n) is 9.23. The van der Waals surface area contributed by atoms with Gasteiger partial charge in [0.1, 0.15) is 11.6 Å². The summed E-state index contributed by atoms with van der Waals surface area (Å²) in [6.07, 6.45) is 0. The Labute approximate surface area is 159 Å². The molecule has 0 amide bonds. The van der Waals surface area contributed by atoms with E-state index in [0.29, 0.717) is 6.54 Å². The lowest BCUT2D eigenvalue weighted by molar-refractivity contribution is 0.00578. The molecule has 1 fully saturated rings. The molecule has 1 aromatic heterocycles. The number of nitrogens with zero attached hydrogens (tertiary/aromatic N) is 2. The van der Waals surface area contributed by atoms with Crippen LogP contribution in [0.2, 0.25) is 0 Å². The van der Waals surface area contributed by atoms with Crippen LogP contribution in [0.25, 0.3) is 11.0 Å². The van der Waals surface area contributed by atoms with Crippen molar-refractivity contribution in [3.05, 3.63) is 59.7 Å². The minimum atomic E-state index is -0.419. The maximum Gasteiger partial charge on any atom is 0.494 e. The van der Waals surface area contributed by atoms with Gasteiger partial charge in [0, 0.05) is 6.54 Å². The number of benzene rings is 2. The molecule has 4 rings (SSSR count). The molecule has 4 nitrogen and oxygen atoms in total. The predicted molar refractivity (Wildman–Crippen MR) is 106 cm³/mol. The Hall–Kier alpha value is -2.18. The molecule has 140 valence electrons. The van der Waals surface area contributed by atoms with Crippen molar-refractivity contribution < 1.29 is 13.7 Å². The molecule has 0 unspecified atom stereocenters. The highest BCUT2D eigenvalue weighted by Crippen LogP contribution is 2.36. The third-order valence-corrected chi connectivity index (χ3v) is 5.72. The fourth-order valence-corrected chi connectivity index (χ4v) is 3.40. The summed E-state index contributed by atoms with van der Waals surface area (Å²) in [5.74, 6) is 0.660. The molecule has 0 saturated carbocycles. The lowest BCUT2D eigenvalue weighted by Gasteiger charge is -2.32. The van der Waals surface area contributed by atoms with Gasteiger partial charge in [-0.25, -0.2) is 9.37 Å². The van der Waals surface area contributed by atoms with Gasteiger partial charge in [0.2, 0.25) is 0 Å². The maximum absolute atomic E-state index is 13.6. The van der Waals surface area contributed by atoms with Crippen molar-refractivity contribution in [3.8, 4) is 0 Å². The van der Waals surface area contributed by atoms with Gasteiger partial charge >= 0.3 is 7.12 Å². The second kappa shape index (κ2) is 6.18. The lowest BCUT2D eigenvalue weighted by Crippen LogP contribution is -2.41. The zero-order valence-corrected chi connectivity index (χ0v) is 16.4. The molecule has 27 heavy (non-hydrogen) atoms. The number of rotatable bonds is 3. The minimum absolute atomic E-state index is 0.229. The summed E-state index contributed by atoms with van der Waals surface area (Å²) in [4.78, 5) is 4.64. The summed E-state index contributed by atoms with van der Waals surface area (Å²) in [6.45, 7) is 10.7. The fraction of sp³-hybridized carbons (Fsp3) is 0.381. The lowest BCUT2D eigenvalue weighted by atomic mass is 9.79. The molecule has 1 aliphatic heterocycles. The van der Waals surface area contributed by atoms with Crippen LogP contribution in [0.1, 0.15) is 39.1 Å². The van der Waals surface area contributed by atoms with Crippen molar-refractivity contribution in [3.63, 3.8) is 0 Å². The largest absolute Gasteiger partial charge is 0.494 e. The van der Waals surface area contributed by atoms with Crippen LogP contribution in [0, 0.1) is 12.7 Å². The molecule has 0 spiro atoms. The first-order valence-corrected chi connectivity index (χ1v) is 9.23. The van der Waals surface area contributed by atoms with Crippen LogP contribution < -0.4 is 5.46 Å². The topological polar surface area (TPSA) is 36.3 Å². The predicted octanol–water partition coefficient (Wildman–Crippen LogP) is 3.83. The minimum Gasteiger partial charge on any atom is -0.399 e. The van der Waals surface area contributed by atoms with Crippen LogP contribution in [0.5, 0.6) is 0 Å². The average molecular weight is 366 g/mol. The Morgan fingerprint density at radius 2 is 1.74 bits per heavy atom. The molecule has 6 heteroatoms. The van der Waals surface area contributed by atoms with Crippen molar-refractivity contribution in [1.29, 1.82) is 0 Å². The molecule has 1 saturated heterocycles. The van der Waals surface area contributed by atoms with E-state index >= 15 is 0 Å².